The molecule has 8 heteroatoms. The van der Waals surface area contributed by atoms with Crippen LogP contribution in [0.25, 0.3) is 0 Å². The number of fused-ring (bicyclic) bond motifs is 1. The minimum Gasteiger partial charge on any atom is -0.393 e. The Bertz CT molecular complexity index is 488. The van der Waals surface area contributed by atoms with Gasteiger partial charge in [0, 0.05) is 19.1 Å². The van der Waals surface area contributed by atoms with Crippen LogP contribution in [0.1, 0.15) is 37.3 Å². The highest BCUT2D eigenvalue weighted by molar-refractivity contribution is 5.03. The molecule has 0 saturated heterocycles. The molecule has 1 N–H and O–H groups in total. The number of aliphatic hydroxyl groups excluding tert-OH is 1. The van der Waals surface area contributed by atoms with E-state index in [0.29, 0.717) is 25.3 Å². The Morgan fingerprint density at radius 3 is 2.65 bits per heavy atom. The molecule has 112 valence electrons. The van der Waals surface area contributed by atoms with Crippen molar-refractivity contribution in [2.75, 3.05) is 6.54 Å². The second-order valence-corrected chi connectivity index (χ2v) is 5.53. The summed E-state index contributed by atoms with van der Waals surface area (Å²) >= 11 is 0. The van der Waals surface area contributed by atoms with E-state index >= 15 is 0 Å². The van der Waals surface area contributed by atoms with Gasteiger partial charge >= 0.3 is 6.18 Å². The molecule has 20 heavy (non-hydrogen) atoms. The average Bonchev–Trinajstić information content (AvgIpc) is 2.81. The molecule has 0 radical (unpaired) electrons. The Hall–Kier alpha value is -1.15. The summed E-state index contributed by atoms with van der Waals surface area (Å²) in [4.78, 5) is 2.12. The molecule has 2 atom stereocenters. The van der Waals surface area contributed by atoms with Crippen molar-refractivity contribution < 1.29 is 18.3 Å². The highest BCUT2D eigenvalue weighted by Crippen LogP contribution is 2.31. The van der Waals surface area contributed by atoms with E-state index in [2.05, 4.69) is 15.1 Å². The molecule has 2 heterocycles. The maximum absolute atomic E-state index is 12.7. The normalized spacial score (nSPS) is 28.4. The zero-order valence-corrected chi connectivity index (χ0v) is 11.0. The van der Waals surface area contributed by atoms with E-state index in [1.807, 2.05) is 0 Å². The SMILES string of the molecule is OC1CCCC(N2CCn3c(nnc3C(F)(F)F)C2)C1. The second-order valence-electron chi connectivity index (χ2n) is 5.53. The van der Waals surface area contributed by atoms with Crippen LogP contribution < -0.4 is 0 Å². The molecule has 1 aromatic heterocycles. The predicted molar refractivity (Wildman–Crippen MR) is 63.7 cm³/mol. The lowest BCUT2D eigenvalue weighted by Crippen LogP contribution is -2.44. The van der Waals surface area contributed by atoms with Crippen LogP contribution in [0.15, 0.2) is 0 Å². The van der Waals surface area contributed by atoms with E-state index in [1.54, 1.807) is 0 Å². The van der Waals surface area contributed by atoms with E-state index in [-0.39, 0.29) is 18.7 Å². The van der Waals surface area contributed by atoms with Crippen LogP contribution in [0.4, 0.5) is 13.2 Å². The van der Waals surface area contributed by atoms with Crippen LogP contribution in [0.3, 0.4) is 0 Å². The van der Waals surface area contributed by atoms with E-state index in [0.717, 1.165) is 23.8 Å². The fourth-order valence-electron chi connectivity index (χ4n) is 3.17. The summed E-state index contributed by atoms with van der Waals surface area (Å²) < 4.78 is 39.4. The lowest BCUT2D eigenvalue weighted by Gasteiger charge is -2.38. The highest BCUT2D eigenvalue weighted by Gasteiger charge is 2.40. The molecule has 1 saturated carbocycles. The van der Waals surface area contributed by atoms with Gasteiger partial charge in [-0.25, -0.2) is 0 Å². The van der Waals surface area contributed by atoms with Crippen LogP contribution in [-0.2, 0) is 19.3 Å². The van der Waals surface area contributed by atoms with Gasteiger partial charge in [-0.15, -0.1) is 10.2 Å². The van der Waals surface area contributed by atoms with Gasteiger partial charge in [0.2, 0.25) is 5.82 Å². The van der Waals surface area contributed by atoms with E-state index in [9.17, 15) is 18.3 Å². The van der Waals surface area contributed by atoms with Crippen LogP contribution in [0.5, 0.6) is 0 Å². The highest BCUT2D eigenvalue weighted by atomic mass is 19.4. The Morgan fingerprint density at radius 2 is 1.95 bits per heavy atom. The smallest absolute Gasteiger partial charge is 0.393 e. The van der Waals surface area contributed by atoms with Gasteiger partial charge in [-0.05, 0) is 25.7 Å². The number of aliphatic hydroxyl groups is 1. The van der Waals surface area contributed by atoms with Gasteiger partial charge < -0.3 is 9.67 Å². The molecule has 1 aliphatic carbocycles. The molecule has 0 spiro atoms. The van der Waals surface area contributed by atoms with Gasteiger partial charge in [0.05, 0.1) is 12.6 Å². The van der Waals surface area contributed by atoms with E-state index in [4.69, 9.17) is 0 Å². The van der Waals surface area contributed by atoms with Crippen molar-refractivity contribution in [3.8, 4) is 0 Å². The first-order valence-electron chi connectivity index (χ1n) is 6.86. The number of aromatic nitrogens is 3. The first-order valence-corrected chi connectivity index (χ1v) is 6.86. The summed E-state index contributed by atoms with van der Waals surface area (Å²) in [5.41, 5.74) is 0. The molecule has 0 aromatic carbocycles. The van der Waals surface area contributed by atoms with Gasteiger partial charge in [-0.3, -0.25) is 4.90 Å². The molecule has 0 bridgehead atoms. The summed E-state index contributed by atoms with van der Waals surface area (Å²) in [6.07, 6.45) is -1.28. The third kappa shape index (κ3) is 2.54. The monoisotopic (exact) mass is 290 g/mol. The maximum atomic E-state index is 12.7. The molecular formula is C12H17F3N4O. The Morgan fingerprint density at radius 1 is 1.15 bits per heavy atom. The number of hydrogen-bond acceptors (Lipinski definition) is 4. The van der Waals surface area contributed by atoms with Crippen molar-refractivity contribution in [3.63, 3.8) is 0 Å². The lowest BCUT2D eigenvalue weighted by atomic mass is 9.91. The fraction of sp³-hybridized carbons (Fsp3) is 0.833. The zero-order valence-electron chi connectivity index (χ0n) is 11.0. The third-order valence-electron chi connectivity index (χ3n) is 4.17. The van der Waals surface area contributed by atoms with Crippen LogP contribution >= 0.6 is 0 Å². The Kier molecular flexibility index (Phi) is 3.45. The van der Waals surface area contributed by atoms with Crippen molar-refractivity contribution >= 4 is 0 Å². The van der Waals surface area contributed by atoms with E-state index < -0.39 is 12.0 Å². The standard InChI is InChI=1S/C12H17F3N4O/c13-12(14,15)11-17-16-10-7-18(4-5-19(10)11)8-2-1-3-9(20)6-8/h8-9,20H,1-7H2. The molecule has 1 aliphatic heterocycles. The number of rotatable bonds is 1. The first kappa shape index (κ1) is 13.8. The van der Waals surface area contributed by atoms with Gasteiger partial charge in [0.1, 0.15) is 5.82 Å². The summed E-state index contributed by atoms with van der Waals surface area (Å²) in [6, 6.07) is 0.235. The van der Waals surface area contributed by atoms with Crippen LogP contribution in [0, 0.1) is 0 Å². The number of hydrogen-bond donors (Lipinski definition) is 1. The van der Waals surface area contributed by atoms with Crippen molar-refractivity contribution in [1.82, 2.24) is 19.7 Å². The lowest BCUT2D eigenvalue weighted by molar-refractivity contribution is -0.148. The van der Waals surface area contributed by atoms with Crippen LogP contribution in [0.2, 0.25) is 0 Å². The molecule has 2 unspecified atom stereocenters. The molecule has 2 aliphatic rings. The molecule has 1 fully saturated rings. The van der Waals surface area contributed by atoms with Crippen molar-refractivity contribution in [2.24, 2.45) is 0 Å². The fourth-order valence-corrected chi connectivity index (χ4v) is 3.17. The third-order valence-corrected chi connectivity index (χ3v) is 4.17. The summed E-state index contributed by atoms with van der Waals surface area (Å²) in [5, 5.41) is 16.7. The predicted octanol–water partition coefficient (Wildman–Crippen LogP) is 1.42. The molecule has 0 amide bonds. The topological polar surface area (TPSA) is 54.2 Å². The zero-order chi connectivity index (χ0) is 14.3. The van der Waals surface area contributed by atoms with Crippen molar-refractivity contribution in [2.45, 2.75) is 57.1 Å². The van der Waals surface area contributed by atoms with Crippen molar-refractivity contribution in [3.05, 3.63) is 11.6 Å². The molecule has 1 aromatic rings. The minimum atomic E-state index is -4.45. The number of halogens is 3. The first-order chi connectivity index (χ1) is 9.45. The molecule has 5 nitrogen and oxygen atoms in total. The van der Waals surface area contributed by atoms with Gasteiger partial charge in [-0.1, -0.05) is 0 Å². The van der Waals surface area contributed by atoms with Crippen LogP contribution in [-0.4, -0.2) is 43.5 Å². The molecule has 3 rings (SSSR count). The molecular weight excluding hydrogens is 273 g/mol. The summed E-state index contributed by atoms with van der Waals surface area (Å²) in [6.45, 7) is 1.18. The Balaban J connectivity index is 1.75. The Labute approximate surface area is 114 Å². The number of alkyl halides is 3. The largest absolute Gasteiger partial charge is 0.451 e. The van der Waals surface area contributed by atoms with E-state index in [1.165, 1.54) is 0 Å². The summed E-state index contributed by atoms with van der Waals surface area (Å²) in [7, 11) is 0. The average molecular weight is 290 g/mol. The van der Waals surface area contributed by atoms with Crippen molar-refractivity contribution in [1.29, 1.82) is 0 Å². The van der Waals surface area contributed by atoms with Gasteiger partial charge in [0.15, 0.2) is 0 Å². The summed E-state index contributed by atoms with van der Waals surface area (Å²) in [5.74, 6) is -0.542. The second kappa shape index (κ2) is 5.00. The minimum absolute atomic E-state index is 0.235. The van der Waals surface area contributed by atoms with Gasteiger partial charge in [-0.2, -0.15) is 13.2 Å². The number of nitrogens with zero attached hydrogens (tertiary/aromatic N) is 4. The quantitative estimate of drug-likeness (QED) is 0.850. The van der Waals surface area contributed by atoms with Gasteiger partial charge in [0.25, 0.3) is 0 Å². The maximum Gasteiger partial charge on any atom is 0.451 e.